The summed E-state index contributed by atoms with van der Waals surface area (Å²) in [6, 6.07) is 4.00. The number of amides is 1. The molecular formula is C11H10Cl2FNO. The molecule has 0 aliphatic carbocycles. The highest BCUT2D eigenvalue weighted by molar-refractivity contribution is 6.33. The van der Waals surface area contributed by atoms with E-state index in [9.17, 15) is 9.18 Å². The summed E-state index contributed by atoms with van der Waals surface area (Å²) in [5.74, 6) is 0.0861. The molecule has 0 bridgehead atoms. The van der Waals surface area contributed by atoms with Crippen LogP contribution in [0.4, 0.5) is 10.1 Å². The van der Waals surface area contributed by atoms with Gasteiger partial charge in [0.15, 0.2) is 0 Å². The fourth-order valence-electron chi connectivity index (χ4n) is 1.81. The van der Waals surface area contributed by atoms with Gasteiger partial charge in [-0.2, -0.15) is 0 Å². The first-order valence-electron chi connectivity index (χ1n) is 4.93. The Kier molecular flexibility index (Phi) is 3.36. The molecule has 1 aromatic carbocycles. The van der Waals surface area contributed by atoms with Gasteiger partial charge in [-0.25, -0.2) is 4.39 Å². The predicted molar refractivity (Wildman–Crippen MR) is 62.6 cm³/mol. The Hall–Kier alpha value is -0.800. The van der Waals surface area contributed by atoms with E-state index >= 15 is 0 Å². The van der Waals surface area contributed by atoms with E-state index in [4.69, 9.17) is 23.2 Å². The van der Waals surface area contributed by atoms with Crippen LogP contribution in [0.5, 0.6) is 0 Å². The van der Waals surface area contributed by atoms with Crippen LogP contribution in [0.15, 0.2) is 18.2 Å². The van der Waals surface area contributed by atoms with E-state index < -0.39 is 5.82 Å². The number of hydrogen-bond acceptors (Lipinski definition) is 1. The maximum atomic E-state index is 13.1. The van der Waals surface area contributed by atoms with Gasteiger partial charge in [-0.15, -0.1) is 11.6 Å². The van der Waals surface area contributed by atoms with E-state index in [0.29, 0.717) is 29.6 Å². The summed E-state index contributed by atoms with van der Waals surface area (Å²) in [6.07, 6.45) is 0.399. The molecule has 0 aromatic heterocycles. The van der Waals surface area contributed by atoms with Crippen LogP contribution in [-0.2, 0) is 4.79 Å². The molecule has 1 aromatic rings. The van der Waals surface area contributed by atoms with Gasteiger partial charge in [0.25, 0.3) is 0 Å². The Morgan fingerprint density at radius 2 is 2.25 bits per heavy atom. The quantitative estimate of drug-likeness (QED) is 0.750. The normalized spacial score (nSPS) is 20.6. The molecule has 5 heteroatoms. The summed E-state index contributed by atoms with van der Waals surface area (Å²) >= 11 is 11.6. The third-order valence-electron chi connectivity index (χ3n) is 2.62. The van der Waals surface area contributed by atoms with Gasteiger partial charge in [-0.3, -0.25) is 4.79 Å². The standard InChI is InChI=1S/C11H10Cl2FNO/c12-5-7-3-11(16)15(6-7)10-4-8(14)1-2-9(10)13/h1-2,4,7H,3,5-6H2. The van der Waals surface area contributed by atoms with Crippen molar-refractivity contribution in [1.82, 2.24) is 0 Å². The first kappa shape index (κ1) is 11.7. The minimum absolute atomic E-state index is 0.0573. The summed E-state index contributed by atoms with van der Waals surface area (Å²) < 4.78 is 13.1. The molecule has 1 atom stereocenters. The Labute approximate surface area is 103 Å². The van der Waals surface area contributed by atoms with E-state index in [2.05, 4.69) is 0 Å². The van der Waals surface area contributed by atoms with Crippen LogP contribution in [-0.4, -0.2) is 18.3 Å². The van der Waals surface area contributed by atoms with Crippen molar-refractivity contribution in [3.05, 3.63) is 29.0 Å². The Morgan fingerprint density at radius 1 is 1.50 bits per heavy atom. The molecule has 16 heavy (non-hydrogen) atoms. The molecular weight excluding hydrogens is 252 g/mol. The highest BCUT2D eigenvalue weighted by atomic mass is 35.5. The van der Waals surface area contributed by atoms with Crippen LogP contribution < -0.4 is 4.90 Å². The van der Waals surface area contributed by atoms with Gasteiger partial charge in [0.1, 0.15) is 5.82 Å². The lowest BCUT2D eigenvalue weighted by Crippen LogP contribution is -2.25. The van der Waals surface area contributed by atoms with Crippen molar-refractivity contribution in [3.63, 3.8) is 0 Å². The molecule has 2 nitrogen and oxygen atoms in total. The van der Waals surface area contributed by atoms with Crippen LogP contribution in [0.25, 0.3) is 0 Å². The Morgan fingerprint density at radius 3 is 2.88 bits per heavy atom. The highest BCUT2D eigenvalue weighted by Crippen LogP contribution is 2.32. The second kappa shape index (κ2) is 4.60. The van der Waals surface area contributed by atoms with Crippen LogP contribution in [0, 0.1) is 11.7 Å². The van der Waals surface area contributed by atoms with Gasteiger partial charge in [0, 0.05) is 18.8 Å². The molecule has 0 saturated carbocycles. The zero-order valence-electron chi connectivity index (χ0n) is 8.42. The second-order valence-corrected chi connectivity index (χ2v) is 4.54. The van der Waals surface area contributed by atoms with Crippen molar-refractivity contribution in [3.8, 4) is 0 Å². The van der Waals surface area contributed by atoms with Crippen LogP contribution in [0.1, 0.15) is 6.42 Å². The average molecular weight is 262 g/mol. The fourth-order valence-corrected chi connectivity index (χ4v) is 2.24. The first-order chi connectivity index (χ1) is 7.61. The lowest BCUT2D eigenvalue weighted by molar-refractivity contribution is -0.117. The van der Waals surface area contributed by atoms with Crippen LogP contribution in [0.2, 0.25) is 5.02 Å². The number of alkyl halides is 1. The summed E-state index contributed by atoms with van der Waals surface area (Å²) in [4.78, 5) is 13.2. The Balaban J connectivity index is 2.30. The number of carbonyl (C=O) groups excluding carboxylic acids is 1. The summed E-state index contributed by atoms with van der Waals surface area (Å²) in [6.45, 7) is 0.505. The second-order valence-electron chi connectivity index (χ2n) is 3.82. The summed E-state index contributed by atoms with van der Waals surface area (Å²) in [5.41, 5.74) is 0.430. The molecule has 1 amide bonds. The number of anilines is 1. The summed E-state index contributed by atoms with van der Waals surface area (Å²) in [7, 11) is 0. The van der Waals surface area contributed by atoms with E-state index in [1.54, 1.807) is 0 Å². The smallest absolute Gasteiger partial charge is 0.227 e. The van der Waals surface area contributed by atoms with Crippen molar-refractivity contribution in [1.29, 1.82) is 0 Å². The largest absolute Gasteiger partial charge is 0.310 e. The number of halogens is 3. The molecule has 0 radical (unpaired) electrons. The van der Waals surface area contributed by atoms with E-state index in [-0.39, 0.29) is 11.8 Å². The van der Waals surface area contributed by atoms with Crippen LogP contribution >= 0.6 is 23.2 Å². The first-order valence-corrected chi connectivity index (χ1v) is 5.84. The zero-order chi connectivity index (χ0) is 11.7. The molecule has 1 aliphatic heterocycles. The fraction of sp³-hybridized carbons (Fsp3) is 0.364. The van der Waals surface area contributed by atoms with Gasteiger partial charge in [-0.05, 0) is 24.1 Å². The number of hydrogen-bond donors (Lipinski definition) is 0. The highest BCUT2D eigenvalue weighted by Gasteiger charge is 2.31. The lowest BCUT2D eigenvalue weighted by atomic mass is 10.1. The maximum Gasteiger partial charge on any atom is 0.227 e. The SMILES string of the molecule is O=C1CC(CCl)CN1c1cc(F)ccc1Cl. The maximum absolute atomic E-state index is 13.1. The molecule has 1 aliphatic rings. The molecule has 1 heterocycles. The van der Waals surface area contributed by atoms with E-state index in [1.165, 1.54) is 23.1 Å². The van der Waals surface area contributed by atoms with E-state index in [0.717, 1.165) is 0 Å². The van der Waals surface area contributed by atoms with Gasteiger partial charge < -0.3 is 4.90 Å². The molecule has 1 unspecified atom stereocenters. The van der Waals surface area contributed by atoms with Crippen molar-refractivity contribution in [2.24, 2.45) is 5.92 Å². The van der Waals surface area contributed by atoms with Crippen molar-refractivity contribution in [2.45, 2.75) is 6.42 Å². The summed E-state index contributed by atoms with van der Waals surface area (Å²) in [5, 5.41) is 0.380. The number of rotatable bonds is 2. The Bertz CT molecular complexity index is 424. The van der Waals surface area contributed by atoms with Crippen molar-refractivity contribution in [2.75, 3.05) is 17.3 Å². The minimum atomic E-state index is -0.401. The van der Waals surface area contributed by atoms with Crippen LogP contribution in [0.3, 0.4) is 0 Å². The average Bonchev–Trinajstić information content (AvgIpc) is 2.63. The van der Waals surface area contributed by atoms with Crippen molar-refractivity contribution < 1.29 is 9.18 Å². The third kappa shape index (κ3) is 2.15. The zero-order valence-corrected chi connectivity index (χ0v) is 9.93. The predicted octanol–water partition coefficient (Wildman–Crippen LogP) is 3.07. The van der Waals surface area contributed by atoms with Gasteiger partial charge in [0.05, 0.1) is 10.7 Å². The monoisotopic (exact) mass is 261 g/mol. The number of carbonyl (C=O) groups is 1. The van der Waals surface area contributed by atoms with Gasteiger partial charge >= 0.3 is 0 Å². The van der Waals surface area contributed by atoms with Crippen molar-refractivity contribution >= 4 is 34.8 Å². The lowest BCUT2D eigenvalue weighted by Gasteiger charge is -2.17. The third-order valence-corrected chi connectivity index (χ3v) is 3.38. The number of benzene rings is 1. The molecule has 86 valence electrons. The molecule has 2 rings (SSSR count). The molecule has 1 fully saturated rings. The minimum Gasteiger partial charge on any atom is -0.310 e. The topological polar surface area (TPSA) is 20.3 Å². The van der Waals surface area contributed by atoms with E-state index in [1.807, 2.05) is 0 Å². The van der Waals surface area contributed by atoms with Gasteiger partial charge in [0.2, 0.25) is 5.91 Å². The van der Waals surface area contributed by atoms with Gasteiger partial charge in [-0.1, -0.05) is 11.6 Å². The molecule has 0 spiro atoms. The number of nitrogens with zero attached hydrogens (tertiary/aromatic N) is 1. The molecule has 1 saturated heterocycles. The molecule has 0 N–H and O–H groups in total.